The Morgan fingerprint density at radius 2 is 1.91 bits per heavy atom. The van der Waals surface area contributed by atoms with Gasteiger partial charge in [0.05, 0.1) is 24.0 Å². The molecule has 0 unspecified atom stereocenters. The van der Waals surface area contributed by atoms with Gasteiger partial charge in [-0.2, -0.15) is 5.10 Å². The molecular weight excluding hydrogens is 294 g/mol. The summed E-state index contributed by atoms with van der Waals surface area (Å²) < 4.78 is 1.80. The molecule has 1 aromatic carbocycles. The van der Waals surface area contributed by atoms with Crippen LogP contribution < -0.4 is 0 Å². The number of carbonyl (C=O) groups is 2. The molecule has 0 aliphatic rings. The minimum Gasteiger partial charge on any atom is -0.480 e. The molecule has 1 amide bonds. The van der Waals surface area contributed by atoms with E-state index in [1.54, 1.807) is 11.6 Å². The van der Waals surface area contributed by atoms with E-state index in [1.807, 2.05) is 37.3 Å². The third-order valence-electron chi connectivity index (χ3n) is 3.68. The molecule has 0 fully saturated rings. The van der Waals surface area contributed by atoms with Gasteiger partial charge < -0.3 is 10.0 Å². The van der Waals surface area contributed by atoms with Gasteiger partial charge in [-0.15, -0.1) is 0 Å². The molecule has 0 aliphatic heterocycles. The Bertz CT molecular complexity index is 680. The number of carbonyl (C=O) groups excluding carboxylic acids is 1. The van der Waals surface area contributed by atoms with E-state index in [-0.39, 0.29) is 12.5 Å². The molecule has 0 atom stereocenters. The molecule has 1 N–H and O–H groups in total. The lowest BCUT2D eigenvalue weighted by Gasteiger charge is -2.18. The molecule has 0 saturated carbocycles. The van der Waals surface area contributed by atoms with Gasteiger partial charge in [-0.1, -0.05) is 37.3 Å². The van der Waals surface area contributed by atoms with Crippen LogP contribution in [0.1, 0.15) is 35.5 Å². The van der Waals surface area contributed by atoms with Gasteiger partial charge in [0.1, 0.15) is 6.54 Å². The number of nitrogens with zero attached hydrogens (tertiary/aromatic N) is 3. The number of likely N-dealkylation sites (N-methyl/N-ethyl adjacent to an activating group) is 1. The van der Waals surface area contributed by atoms with Gasteiger partial charge in [0, 0.05) is 6.54 Å². The summed E-state index contributed by atoms with van der Waals surface area (Å²) in [6, 6.07) is 9.88. The van der Waals surface area contributed by atoms with Crippen LogP contribution in [0.2, 0.25) is 0 Å². The van der Waals surface area contributed by atoms with Crippen LogP contribution >= 0.6 is 0 Å². The molecule has 0 saturated heterocycles. The van der Waals surface area contributed by atoms with E-state index in [0.717, 1.165) is 11.3 Å². The maximum Gasteiger partial charge on any atom is 0.323 e. The number of aromatic nitrogens is 2. The minimum atomic E-state index is -1.02. The molecule has 1 aromatic heterocycles. The zero-order chi connectivity index (χ0) is 16.8. The number of benzene rings is 1. The fourth-order valence-corrected chi connectivity index (χ4v) is 2.52. The summed E-state index contributed by atoms with van der Waals surface area (Å²) in [4.78, 5) is 24.8. The lowest BCUT2D eigenvalue weighted by Crippen LogP contribution is -2.35. The lowest BCUT2D eigenvalue weighted by atomic mass is 10.1. The highest BCUT2D eigenvalue weighted by atomic mass is 16.4. The first-order valence-electron chi connectivity index (χ1n) is 7.66. The molecule has 0 spiro atoms. The number of aliphatic carboxylic acids is 1. The normalized spacial score (nSPS) is 10.5. The fraction of sp³-hybridized carbons (Fsp3) is 0.353. The molecule has 6 nitrogen and oxygen atoms in total. The number of amides is 1. The van der Waals surface area contributed by atoms with Crippen molar-refractivity contribution >= 4 is 11.9 Å². The third kappa shape index (κ3) is 3.97. The standard InChI is InChI=1S/C17H21N3O3/c1-3-15-14(17(23)19(4-2)12-16(21)22)10-18-20(15)11-13-8-6-5-7-9-13/h5-10H,3-4,11-12H2,1-2H3,(H,21,22). The van der Waals surface area contributed by atoms with Crippen LogP contribution in [-0.2, 0) is 17.8 Å². The topological polar surface area (TPSA) is 75.4 Å². The number of hydrogen-bond donors (Lipinski definition) is 1. The molecule has 6 heteroatoms. The summed E-state index contributed by atoms with van der Waals surface area (Å²) in [6.45, 7) is 4.35. The van der Waals surface area contributed by atoms with Crippen molar-refractivity contribution in [3.8, 4) is 0 Å². The summed E-state index contributed by atoms with van der Waals surface area (Å²) >= 11 is 0. The van der Waals surface area contributed by atoms with Crippen LogP contribution in [0.4, 0.5) is 0 Å². The predicted molar refractivity (Wildman–Crippen MR) is 86.4 cm³/mol. The van der Waals surface area contributed by atoms with Crippen molar-refractivity contribution in [1.82, 2.24) is 14.7 Å². The van der Waals surface area contributed by atoms with Crippen LogP contribution in [-0.4, -0.2) is 44.8 Å². The van der Waals surface area contributed by atoms with Crippen LogP contribution in [0.25, 0.3) is 0 Å². The summed E-state index contributed by atoms with van der Waals surface area (Å²) in [5.41, 5.74) is 2.40. The van der Waals surface area contributed by atoms with Crippen LogP contribution in [0.5, 0.6) is 0 Å². The van der Waals surface area contributed by atoms with E-state index in [1.165, 1.54) is 11.1 Å². The Morgan fingerprint density at radius 3 is 2.48 bits per heavy atom. The first-order valence-corrected chi connectivity index (χ1v) is 7.66. The Kier molecular flexibility index (Phi) is 5.51. The van der Waals surface area contributed by atoms with E-state index in [4.69, 9.17) is 5.11 Å². The van der Waals surface area contributed by atoms with Crippen molar-refractivity contribution in [2.24, 2.45) is 0 Å². The quantitative estimate of drug-likeness (QED) is 0.848. The van der Waals surface area contributed by atoms with Gasteiger partial charge in [-0.25, -0.2) is 0 Å². The summed E-state index contributed by atoms with van der Waals surface area (Å²) in [5, 5.41) is 13.2. The van der Waals surface area contributed by atoms with E-state index in [9.17, 15) is 9.59 Å². The van der Waals surface area contributed by atoms with Crippen LogP contribution in [0.15, 0.2) is 36.5 Å². The highest BCUT2D eigenvalue weighted by Crippen LogP contribution is 2.14. The molecule has 1 heterocycles. The second-order valence-electron chi connectivity index (χ2n) is 5.21. The van der Waals surface area contributed by atoms with E-state index < -0.39 is 5.97 Å². The summed E-state index contributed by atoms with van der Waals surface area (Å²) in [5.74, 6) is -1.30. The van der Waals surface area contributed by atoms with Crippen molar-refractivity contribution in [2.75, 3.05) is 13.1 Å². The first kappa shape index (κ1) is 16.7. The molecule has 23 heavy (non-hydrogen) atoms. The molecule has 2 aromatic rings. The van der Waals surface area contributed by atoms with E-state index >= 15 is 0 Å². The largest absolute Gasteiger partial charge is 0.480 e. The fourth-order valence-electron chi connectivity index (χ4n) is 2.52. The zero-order valence-electron chi connectivity index (χ0n) is 13.4. The molecule has 122 valence electrons. The average molecular weight is 315 g/mol. The van der Waals surface area contributed by atoms with Crippen molar-refractivity contribution in [1.29, 1.82) is 0 Å². The van der Waals surface area contributed by atoms with Gasteiger partial charge in [-0.3, -0.25) is 14.3 Å². The molecule has 2 rings (SSSR count). The van der Waals surface area contributed by atoms with Crippen LogP contribution in [0, 0.1) is 0 Å². The smallest absolute Gasteiger partial charge is 0.323 e. The highest BCUT2D eigenvalue weighted by molar-refractivity contribution is 5.96. The summed E-state index contributed by atoms with van der Waals surface area (Å²) in [6.07, 6.45) is 2.19. The summed E-state index contributed by atoms with van der Waals surface area (Å²) in [7, 11) is 0. The number of carboxylic acid groups (broad SMARTS) is 1. The number of carboxylic acids is 1. The van der Waals surface area contributed by atoms with Crippen molar-refractivity contribution in [3.05, 3.63) is 53.3 Å². The molecule has 0 aliphatic carbocycles. The van der Waals surface area contributed by atoms with Crippen molar-refractivity contribution < 1.29 is 14.7 Å². The minimum absolute atomic E-state index is 0.286. The monoisotopic (exact) mass is 315 g/mol. The second-order valence-corrected chi connectivity index (χ2v) is 5.21. The van der Waals surface area contributed by atoms with Crippen molar-refractivity contribution in [3.63, 3.8) is 0 Å². The van der Waals surface area contributed by atoms with Gasteiger partial charge in [0.2, 0.25) is 0 Å². The number of hydrogen-bond acceptors (Lipinski definition) is 3. The lowest BCUT2D eigenvalue weighted by molar-refractivity contribution is -0.137. The Balaban J connectivity index is 2.26. The van der Waals surface area contributed by atoms with Crippen molar-refractivity contribution in [2.45, 2.75) is 26.8 Å². The molecule has 0 bridgehead atoms. The van der Waals surface area contributed by atoms with Gasteiger partial charge in [0.25, 0.3) is 5.91 Å². The zero-order valence-corrected chi connectivity index (χ0v) is 13.4. The number of rotatable bonds is 7. The van der Waals surface area contributed by atoms with E-state index in [0.29, 0.717) is 25.1 Å². The SMILES string of the molecule is CCc1c(C(=O)N(CC)CC(=O)O)cnn1Cc1ccccc1. The van der Waals surface area contributed by atoms with Gasteiger partial charge in [0.15, 0.2) is 0 Å². The Hall–Kier alpha value is -2.63. The molecule has 0 radical (unpaired) electrons. The first-order chi connectivity index (χ1) is 11.1. The maximum atomic E-state index is 12.6. The predicted octanol–water partition coefficient (Wildman–Crippen LogP) is 2.04. The third-order valence-corrected chi connectivity index (χ3v) is 3.68. The highest BCUT2D eigenvalue weighted by Gasteiger charge is 2.22. The molecular formula is C17H21N3O3. The second kappa shape index (κ2) is 7.58. The van der Waals surface area contributed by atoms with Gasteiger partial charge >= 0.3 is 5.97 Å². The van der Waals surface area contributed by atoms with Crippen LogP contribution in [0.3, 0.4) is 0 Å². The Labute approximate surface area is 135 Å². The van der Waals surface area contributed by atoms with Gasteiger partial charge in [-0.05, 0) is 18.9 Å². The van der Waals surface area contributed by atoms with E-state index in [2.05, 4.69) is 5.10 Å². The Morgan fingerprint density at radius 1 is 1.22 bits per heavy atom. The maximum absolute atomic E-state index is 12.6. The average Bonchev–Trinajstić information content (AvgIpc) is 2.95.